The molecule has 12 heteroatoms. The van der Waals surface area contributed by atoms with Crippen molar-refractivity contribution >= 4 is 11.6 Å². The van der Waals surface area contributed by atoms with Crippen LogP contribution in [0.25, 0.3) is 5.69 Å². The average molecular weight is 447 g/mol. The number of alkyl halides is 6. The van der Waals surface area contributed by atoms with E-state index in [1.54, 1.807) is 0 Å². The zero-order valence-electron chi connectivity index (χ0n) is 15.3. The summed E-state index contributed by atoms with van der Waals surface area (Å²) in [6.07, 6.45) is -8.19. The highest BCUT2D eigenvalue weighted by molar-refractivity contribution is 6.03. The first-order valence-electron chi connectivity index (χ1n) is 8.46. The first-order valence-corrected chi connectivity index (χ1v) is 8.46. The van der Waals surface area contributed by atoms with Gasteiger partial charge in [0.1, 0.15) is 11.6 Å². The highest BCUT2D eigenvalue weighted by Crippen LogP contribution is 2.35. The molecule has 1 aromatic heterocycles. The molecule has 1 N–H and O–H groups in total. The lowest BCUT2D eigenvalue weighted by Crippen LogP contribution is -2.21. The fourth-order valence-electron chi connectivity index (χ4n) is 2.46. The molecule has 1 amide bonds. The monoisotopic (exact) mass is 447 g/mol. The normalized spacial score (nSPS) is 12.0. The van der Waals surface area contributed by atoms with Crippen molar-refractivity contribution in [3.05, 3.63) is 71.8 Å². The molecule has 0 fully saturated rings. The highest BCUT2D eigenvalue weighted by Gasteiger charge is 2.33. The number of benzene rings is 2. The predicted octanol–water partition coefficient (Wildman–Crippen LogP) is 5.22. The molecule has 3 aromatic rings. The van der Waals surface area contributed by atoms with Crippen LogP contribution in [-0.2, 0) is 6.18 Å². The highest BCUT2D eigenvalue weighted by atomic mass is 19.4. The van der Waals surface area contributed by atoms with Crippen molar-refractivity contribution in [2.75, 3.05) is 11.9 Å². The summed E-state index contributed by atoms with van der Waals surface area (Å²) in [5, 5.41) is 6.01. The molecule has 0 unspecified atom stereocenters. The van der Waals surface area contributed by atoms with Crippen LogP contribution >= 0.6 is 0 Å². The van der Waals surface area contributed by atoms with Crippen molar-refractivity contribution in [2.45, 2.75) is 12.4 Å². The fourth-order valence-corrected chi connectivity index (χ4v) is 2.46. The van der Waals surface area contributed by atoms with E-state index in [0.29, 0.717) is 23.9 Å². The van der Waals surface area contributed by atoms with Gasteiger partial charge in [0.25, 0.3) is 5.91 Å². The second kappa shape index (κ2) is 8.28. The van der Waals surface area contributed by atoms with Crippen LogP contribution in [0.1, 0.15) is 16.1 Å². The zero-order chi connectivity index (χ0) is 22.8. The van der Waals surface area contributed by atoms with E-state index < -0.39 is 47.7 Å². The molecule has 0 saturated carbocycles. The molecule has 0 spiro atoms. The van der Waals surface area contributed by atoms with Crippen LogP contribution in [0.4, 0.5) is 36.4 Å². The Morgan fingerprint density at radius 1 is 1.00 bits per heavy atom. The summed E-state index contributed by atoms with van der Waals surface area (Å²) in [7, 11) is 0. The minimum absolute atomic E-state index is 0.247. The van der Waals surface area contributed by atoms with Gasteiger partial charge in [-0.15, -0.1) is 0 Å². The van der Waals surface area contributed by atoms with Gasteiger partial charge in [-0.1, -0.05) is 0 Å². The Morgan fingerprint density at radius 3 is 2.29 bits per heavy atom. The average Bonchev–Trinajstić information content (AvgIpc) is 3.16. The molecule has 31 heavy (non-hydrogen) atoms. The molecule has 5 nitrogen and oxygen atoms in total. The molecule has 0 aliphatic heterocycles. The van der Waals surface area contributed by atoms with Gasteiger partial charge in [0.15, 0.2) is 12.3 Å². The third-order valence-electron chi connectivity index (χ3n) is 3.86. The molecule has 0 radical (unpaired) electrons. The third kappa shape index (κ3) is 5.74. The van der Waals surface area contributed by atoms with Crippen molar-refractivity contribution in [2.24, 2.45) is 0 Å². The topological polar surface area (TPSA) is 56.1 Å². The Hall–Kier alpha value is -3.57. The summed E-state index contributed by atoms with van der Waals surface area (Å²) in [5.74, 6) is -2.08. The third-order valence-corrected chi connectivity index (χ3v) is 3.86. The van der Waals surface area contributed by atoms with E-state index in [1.165, 1.54) is 29.1 Å². The van der Waals surface area contributed by atoms with E-state index in [-0.39, 0.29) is 5.69 Å². The van der Waals surface area contributed by atoms with E-state index in [2.05, 4.69) is 15.2 Å². The maximum Gasteiger partial charge on any atom is 0.422 e. The zero-order valence-corrected chi connectivity index (χ0v) is 15.3. The Balaban J connectivity index is 1.85. The number of nitrogens with one attached hydrogen (secondary N) is 1. The lowest BCUT2D eigenvalue weighted by molar-refractivity contribution is -0.153. The molecule has 0 aliphatic carbocycles. The van der Waals surface area contributed by atoms with Crippen molar-refractivity contribution in [1.82, 2.24) is 9.78 Å². The van der Waals surface area contributed by atoms with Crippen LogP contribution in [0.3, 0.4) is 0 Å². The molecule has 2 aromatic carbocycles. The van der Waals surface area contributed by atoms with Crippen LogP contribution in [0, 0.1) is 5.82 Å². The number of nitrogens with zero attached hydrogens (tertiary/aromatic N) is 2. The minimum Gasteiger partial charge on any atom is -0.482 e. The van der Waals surface area contributed by atoms with Crippen molar-refractivity contribution in [1.29, 1.82) is 0 Å². The second-order valence-electron chi connectivity index (χ2n) is 6.19. The quantitative estimate of drug-likeness (QED) is 0.546. The van der Waals surface area contributed by atoms with Crippen LogP contribution < -0.4 is 10.1 Å². The molecule has 0 aliphatic rings. The molecule has 0 atom stereocenters. The Kier molecular flexibility index (Phi) is 5.91. The van der Waals surface area contributed by atoms with Gasteiger partial charge in [-0.25, -0.2) is 9.07 Å². The first kappa shape index (κ1) is 22.1. The number of hydrogen-bond acceptors (Lipinski definition) is 3. The Labute approximate surface area is 170 Å². The molecular weight excluding hydrogens is 435 g/mol. The largest absolute Gasteiger partial charge is 0.482 e. The van der Waals surface area contributed by atoms with E-state index in [1.807, 2.05) is 0 Å². The van der Waals surface area contributed by atoms with Gasteiger partial charge in [0, 0.05) is 6.20 Å². The maximum atomic E-state index is 13.0. The van der Waals surface area contributed by atoms with Crippen molar-refractivity contribution < 1.29 is 40.3 Å². The van der Waals surface area contributed by atoms with E-state index >= 15 is 0 Å². The SMILES string of the molecule is O=C(Nc1cc(C(F)(F)F)ccc1OCC(F)(F)F)c1ccn(-c2ccc(F)cc2)n1. The Morgan fingerprint density at radius 2 is 1.68 bits per heavy atom. The molecule has 164 valence electrons. The van der Waals surface area contributed by atoms with Gasteiger partial charge in [-0.05, 0) is 48.5 Å². The number of hydrogen-bond donors (Lipinski definition) is 1. The molecule has 0 bridgehead atoms. The number of halogens is 7. The number of carbonyl (C=O) groups is 1. The summed E-state index contributed by atoms with van der Waals surface area (Å²) in [5.41, 5.74) is -1.66. The summed E-state index contributed by atoms with van der Waals surface area (Å²) in [6.45, 7) is -1.76. The minimum atomic E-state index is -4.80. The summed E-state index contributed by atoms with van der Waals surface area (Å²) in [6, 6.07) is 7.96. The van der Waals surface area contributed by atoms with Crippen LogP contribution in [0.2, 0.25) is 0 Å². The summed E-state index contributed by atoms with van der Waals surface area (Å²) in [4.78, 5) is 12.4. The lowest BCUT2D eigenvalue weighted by Gasteiger charge is -2.16. The number of carbonyl (C=O) groups excluding carboxylic acids is 1. The van der Waals surface area contributed by atoms with Gasteiger partial charge >= 0.3 is 12.4 Å². The number of anilines is 1. The van der Waals surface area contributed by atoms with Gasteiger partial charge < -0.3 is 10.1 Å². The lowest BCUT2D eigenvalue weighted by atomic mass is 10.1. The van der Waals surface area contributed by atoms with Gasteiger partial charge in [-0.2, -0.15) is 31.4 Å². The van der Waals surface area contributed by atoms with Crippen molar-refractivity contribution in [3.63, 3.8) is 0 Å². The molecule has 1 heterocycles. The van der Waals surface area contributed by atoms with Crippen molar-refractivity contribution in [3.8, 4) is 11.4 Å². The van der Waals surface area contributed by atoms with Gasteiger partial charge in [0.05, 0.1) is 16.9 Å². The van der Waals surface area contributed by atoms with E-state index in [0.717, 1.165) is 12.1 Å². The second-order valence-corrected chi connectivity index (χ2v) is 6.19. The predicted molar refractivity (Wildman–Crippen MR) is 94.5 cm³/mol. The molecule has 3 rings (SSSR count). The number of aromatic nitrogens is 2. The van der Waals surface area contributed by atoms with E-state index in [4.69, 9.17) is 0 Å². The van der Waals surface area contributed by atoms with Gasteiger partial charge in [0.2, 0.25) is 0 Å². The first-order chi connectivity index (χ1) is 14.4. The van der Waals surface area contributed by atoms with Crippen LogP contribution in [-0.4, -0.2) is 28.5 Å². The Bertz CT molecular complexity index is 1070. The maximum absolute atomic E-state index is 13.0. The van der Waals surface area contributed by atoms with E-state index in [9.17, 15) is 35.5 Å². The number of ether oxygens (including phenoxy) is 1. The number of amides is 1. The van der Waals surface area contributed by atoms with Crippen LogP contribution in [0.15, 0.2) is 54.7 Å². The fraction of sp³-hybridized carbons (Fsp3) is 0.158. The van der Waals surface area contributed by atoms with Gasteiger partial charge in [-0.3, -0.25) is 4.79 Å². The molecular formula is C19H12F7N3O2. The smallest absolute Gasteiger partial charge is 0.422 e. The summed E-state index contributed by atoms with van der Waals surface area (Å²) >= 11 is 0. The molecule has 0 saturated heterocycles. The standard InChI is InChI=1S/C19H12F7N3O2/c20-12-2-4-13(5-3-12)29-8-7-14(28-29)17(30)27-15-9-11(19(24,25)26)1-6-16(15)31-10-18(21,22)23/h1-9H,10H2,(H,27,30). The summed E-state index contributed by atoms with van der Waals surface area (Å²) < 4.78 is 95.0. The number of rotatable bonds is 5. The van der Waals surface area contributed by atoms with Crippen LogP contribution in [0.5, 0.6) is 5.75 Å².